The SMILES string of the molecule is COc1ccc(S(=O)(=O)N2CCCCCC2)cc1C(=O)OC(C)C(=O)NCCc1ccccc1. The van der Waals surface area contributed by atoms with Crippen molar-refractivity contribution >= 4 is 21.9 Å². The second-order valence-corrected chi connectivity index (χ2v) is 10.2. The highest BCUT2D eigenvalue weighted by molar-refractivity contribution is 7.89. The zero-order valence-corrected chi connectivity index (χ0v) is 20.5. The summed E-state index contributed by atoms with van der Waals surface area (Å²) in [6.45, 7) is 2.78. The molecule has 1 atom stereocenters. The van der Waals surface area contributed by atoms with Crippen LogP contribution < -0.4 is 10.1 Å². The summed E-state index contributed by atoms with van der Waals surface area (Å²) in [6, 6.07) is 13.8. The monoisotopic (exact) mass is 488 g/mol. The molecule has 34 heavy (non-hydrogen) atoms. The first-order valence-corrected chi connectivity index (χ1v) is 13.0. The van der Waals surface area contributed by atoms with Crippen molar-refractivity contribution in [3.63, 3.8) is 0 Å². The van der Waals surface area contributed by atoms with Crippen LogP contribution in [-0.4, -0.2) is 57.4 Å². The van der Waals surface area contributed by atoms with Crippen molar-refractivity contribution in [3.05, 3.63) is 59.7 Å². The summed E-state index contributed by atoms with van der Waals surface area (Å²) < 4.78 is 38.3. The number of ether oxygens (including phenoxy) is 2. The molecule has 0 saturated carbocycles. The average Bonchev–Trinajstić information content (AvgIpc) is 3.14. The van der Waals surface area contributed by atoms with Crippen LogP contribution in [0.5, 0.6) is 5.75 Å². The van der Waals surface area contributed by atoms with Crippen molar-refractivity contribution in [2.45, 2.75) is 50.0 Å². The number of nitrogens with zero attached hydrogens (tertiary/aromatic N) is 1. The summed E-state index contributed by atoms with van der Waals surface area (Å²) in [5, 5.41) is 2.75. The van der Waals surface area contributed by atoms with Crippen molar-refractivity contribution in [3.8, 4) is 5.75 Å². The van der Waals surface area contributed by atoms with Gasteiger partial charge in [-0.3, -0.25) is 4.79 Å². The van der Waals surface area contributed by atoms with Gasteiger partial charge < -0.3 is 14.8 Å². The maximum atomic E-state index is 13.1. The first-order valence-electron chi connectivity index (χ1n) is 11.5. The van der Waals surface area contributed by atoms with Gasteiger partial charge in [-0.1, -0.05) is 43.2 Å². The minimum absolute atomic E-state index is 0.00196. The van der Waals surface area contributed by atoms with Gasteiger partial charge in [0.05, 0.1) is 12.0 Å². The van der Waals surface area contributed by atoms with Gasteiger partial charge in [0, 0.05) is 19.6 Å². The first-order chi connectivity index (χ1) is 16.3. The quantitative estimate of drug-likeness (QED) is 0.544. The molecule has 3 rings (SSSR count). The van der Waals surface area contributed by atoms with Crippen LogP contribution in [0, 0.1) is 0 Å². The van der Waals surface area contributed by atoms with Crippen molar-refractivity contribution < 1.29 is 27.5 Å². The molecular formula is C25H32N2O6S. The van der Waals surface area contributed by atoms with E-state index in [-0.39, 0.29) is 16.2 Å². The fourth-order valence-electron chi connectivity index (χ4n) is 3.83. The third-order valence-electron chi connectivity index (χ3n) is 5.80. The Balaban J connectivity index is 1.67. The van der Waals surface area contributed by atoms with E-state index in [0.29, 0.717) is 26.1 Å². The topological polar surface area (TPSA) is 102 Å². The number of nitrogens with one attached hydrogen (secondary N) is 1. The highest BCUT2D eigenvalue weighted by atomic mass is 32.2. The standard InChI is InChI=1S/C25H32N2O6S/c1-19(24(28)26-15-14-20-10-6-5-7-11-20)33-25(29)22-18-21(12-13-23(22)32-2)34(30,31)27-16-8-3-4-9-17-27/h5-7,10-13,18-19H,3-4,8-9,14-17H2,1-2H3,(H,26,28). The third-order valence-corrected chi connectivity index (χ3v) is 7.70. The van der Waals surface area contributed by atoms with E-state index in [9.17, 15) is 18.0 Å². The van der Waals surface area contributed by atoms with E-state index in [1.807, 2.05) is 30.3 Å². The Bertz CT molecular complexity index is 1080. The van der Waals surface area contributed by atoms with Gasteiger partial charge in [0.2, 0.25) is 10.0 Å². The van der Waals surface area contributed by atoms with E-state index >= 15 is 0 Å². The molecule has 1 fully saturated rings. The first kappa shape index (κ1) is 25.7. The molecule has 9 heteroatoms. The zero-order chi connectivity index (χ0) is 24.6. The van der Waals surface area contributed by atoms with E-state index in [2.05, 4.69) is 5.32 Å². The van der Waals surface area contributed by atoms with Crippen molar-refractivity contribution in [1.29, 1.82) is 0 Å². The lowest BCUT2D eigenvalue weighted by atomic mass is 10.1. The number of carbonyl (C=O) groups is 2. The summed E-state index contributed by atoms with van der Waals surface area (Å²) >= 11 is 0. The Morgan fingerprint density at radius 3 is 2.35 bits per heavy atom. The van der Waals surface area contributed by atoms with Gasteiger partial charge in [-0.25, -0.2) is 13.2 Å². The van der Waals surface area contributed by atoms with Gasteiger partial charge in [-0.2, -0.15) is 4.31 Å². The molecular weight excluding hydrogens is 456 g/mol. The maximum absolute atomic E-state index is 13.1. The number of esters is 1. The summed E-state index contributed by atoms with van der Waals surface area (Å²) in [5.41, 5.74) is 1.04. The minimum Gasteiger partial charge on any atom is -0.496 e. The van der Waals surface area contributed by atoms with Crippen LogP contribution in [0.25, 0.3) is 0 Å². The van der Waals surface area contributed by atoms with Crippen LogP contribution in [0.15, 0.2) is 53.4 Å². The molecule has 8 nitrogen and oxygen atoms in total. The highest BCUT2D eigenvalue weighted by Gasteiger charge is 2.28. The van der Waals surface area contributed by atoms with Crippen LogP contribution in [0.2, 0.25) is 0 Å². The van der Waals surface area contributed by atoms with E-state index in [1.54, 1.807) is 0 Å². The smallest absolute Gasteiger partial charge is 0.342 e. The number of hydrogen-bond acceptors (Lipinski definition) is 6. The van der Waals surface area contributed by atoms with Gasteiger partial charge in [0.25, 0.3) is 5.91 Å². The minimum atomic E-state index is -3.76. The molecule has 1 saturated heterocycles. The van der Waals surface area contributed by atoms with Crippen LogP contribution in [-0.2, 0) is 26.0 Å². The third kappa shape index (κ3) is 6.57. The van der Waals surface area contributed by atoms with E-state index in [4.69, 9.17) is 9.47 Å². The normalized spacial score (nSPS) is 15.7. The molecule has 1 aliphatic rings. The lowest BCUT2D eigenvalue weighted by Gasteiger charge is -2.21. The summed E-state index contributed by atoms with van der Waals surface area (Å²) in [4.78, 5) is 25.3. The number of sulfonamides is 1. The fraction of sp³-hybridized carbons (Fsp3) is 0.440. The molecule has 2 aromatic carbocycles. The molecule has 0 radical (unpaired) electrons. The predicted molar refractivity (Wildman–Crippen MR) is 128 cm³/mol. The lowest BCUT2D eigenvalue weighted by molar-refractivity contribution is -0.129. The average molecular weight is 489 g/mol. The van der Waals surface area contributed by atoms with E-state index < -0.39 is 28.0 Å². The molecule has 1 N–H and O–H groups in total. The zero-order valence-electron chi connectivity index (χ0n) is 19.7. The summed E-state index contributed by atoms with van der Waals surface area (Å²) in [6.07, 6.45) is 3.20. The van der Waals surface area contributed by atoms with Gasteiger partial charge in [-0.15, -0.1) is 0 Å². The van der Waals surface area contributed by atoms with Gasteiger partial charge in [0.15, 0.2) is 6.10 Å². The Kier molecular flexibility index (Phi) is 9.06. The highest BCUT2D eigenvalue weighted by Crippen LogP contribution is 2.27. The van der Waals surface area contributed by atoms with Crippen molar-refractivity contribution in [2.24, 2.45) is 0 Å². The lowest BCUT2D eigenvalue weighted by Crippen LogP contribution is -2.37. The molecule has 0 bridgehead atoms. The summed E-state index contributed by atoms with van der Waals surface area (Å²) in [7, 11) is -2.38. The molecule has 1 aliphatic heterocycles. The van der Waals surface area contributed by atoms with Gasteiger partial charge in [0.1, 0.15) is 11.3 Å². The molecule has 184 valence electrons. The molecule has 1 heterocycles. The second-order valence-electron chi connectivity index (χ2n) is 8.25. The van der Waals surface area contributed by atoms with E-state index in [0.717, 1.165) is 31.2 Å². The van der Waals surface area contributed by atoms with Crippen molar-refractivity contribution in [1.82, 2.24) is 9.62 Å². The maximum Gasteiger partial charge on any atom is 0.342 e. The Labute approximate surface area is 201 Å². The number of amides is 1. The van der Waals surface area contributed by atoms with Crippen LogP contribution in [0.3, 0.4) is 0 Å². The number of carbonyl (C=O) groups excluding carboxylic acids is 2. The number of hydrogen-bond donors (Lipinski definition) is 1. The number of methoxy groups -OCH3 is 1. The largest absolute Gasteiger partial charge is 0.496 e. The van der Waals surface area contributed by atoms with Crippen molar-refractivity contribution in [2.75, 3.05) is 26.7 Å². The predicted octanol–water partition coefficient (Wildman–Crippen LogP) is 3.16. The number of rotatable bonds is 9. The fourth-order valence-corrected chi connectivity index (χ4v) is 5.38. The Morgan fingerprint density at radius 1 is 1.03 bits per heavy atom. The van der Waals surface area contributed by atoms with Crippen LogP contribution >= 0.6 is 0 Å². The molecule has 1 amide bonds. The molecule has 1 unspecified atom stereocenters. The molecule has 0 aliphatic carbocycles. The van der Waals surface area contributed by atoms with Crippen LogP contribution in [0.4, 0.5) is 0 Å². The Morgan fingerprint density at radius 2 is 1.71 bits per heavy atom. The number of benzene rings is 2. The molecule has 0 spiro atoms. The second kappa shape index (κ2) is 12.0. The molecule has 0 aromatic heterocycles. The van der Waals surface area contributed by atoms with Crippen LogP contribution in [0.1, 0.15) is 48.5 Å². The Hall–Kier alpha value is -2.91. The van der Waals surface area contributed by atoms with Gasteiger partial charge >= 0.3 is 5.97 Å². The molecule has 2 aromatic rings. The van der Waals surface area contributed by atoms with Gasteiger partial charge in [-0.05, 0) is 49.9 Å². The summed E-state index contributed by atoms with van der Waals surface area (Å²) in [5.74, 6) is -1.08. The van der Waals surface area contributed by atoms with E-state index in [1.165, 1.54) is 36.5 Å².